The van der Waals surface area contributed by atoms with Crippen LogP contribution in [0, 0.1) is 0 Å². The number of aromatic nitrogens is 2. The number of aryl methyl sites for hydroxylation is 1. The lowest BCUT2D eigenvalue weighted by Crippen LogP contribution is -2.35. The van der Waals surface area contributed by atoms with Crippen LogP contribution >= 0.6 is 27.3 Å². The van der Waals surface area contributed by atoms with Crippen LogP contribution in [-0.2, 0) is 13.0 Å². The van der Waals surface area contributed by atoms with Gasteiger partial charge in [-0.15, -0.1) is 11.3 Å². The van der Waals surface area contributed by atoms with Crippen LogP contribution < -0.4 is 11.2 Å². The molecule has 2 aromatic rings. The van der Waals surface area contributed by atoms with Crippen LogP contribution in [0.1, 0.15) is 4.88 Å². The van der Waals surface area contributed by atoms with Gasteiger partial charge in [0.1, 0.15) is 0 Å². The first-order valence-electron chi connectivity index (χ1n) is 4.69. The van der Waals surface area contributed by atoms with E-state index in [1.54, 1.807) is 11.3 Å². The maximum absolute atomic E-state index is 11.6. The third-order valence-electron chi connectivity index (χ3n) is 2.18. The summed E-state index contributed by atoms with van der Waals surface area (Å²) in [6, 6.07) is 3.94. The molecule has 0 saturated carbocycles. The van der Waals surface area contributed by atoms with E-state index in [1.807, 2.05) is 17.5 Å². The fourth-order valence-electron chi connectivity index (χ4n) is 1.37. The number of nitrogens with one attached hydrogen (secondary N) is 1. The minimum atomic E-state index is -0.371. The lowest BCUT2D eigenvalue weighted by molar-refractivity contribution is 0.628. The third kappa shape index (κ3) is 2.33. The highest BCUT2D eigenvalue weighted by Crippen LogP contribution is 2.09. The molecule has 0 saturated heterocycles. The van der Waals surface area contributed by atoms with Crippen LogP contribution in [0.3, 0.4) is 0 Å². The van der Waals surface area contributed by atoms with Crippen molar-refractivity contribution in [2.45, 2.75) is 13.0 Å². The zero-order valence-corrected chi connectivity index (χ0v) is 10.7. The molecule has 0 radical (unpaired) electrons. The van der Waals surface area contributed by atoms with Crippen molar-refractivity contribution in [2.75, 3.05) is 0 Å². The normalized spacial score (nSPS) is 10.6. The summed E-state index contributed by atoms with van der Waals surface area (Å²) in [7, 11) is 0. The minimum absolute atomic E-state index is 0.291. The molecule has 2 aromatic heterocycles. The van der Waals surface area contributed by atoms with Crippen molar-refractivity contribution in [3.05, 3.63) is 53.9 Å². The van der Waals surface area contributed by atoms with Gasteiger partial charge in [0.25, 0.3) is 5.56 Å². The lowest BCUT2D eigenvalue weighted by atomic mass is 10.3. The Morgan fingerprint density at radius 3 is 2.94 bits per heavy atom. The van der Waals surface area contributed by atoms with Gasteiger partial charge in [-0.1, -0.05) is 6.07 Å². The quantitative estimate of drug-likeness (QED) is 0.936. The van der Waals surface area contributed by atoms with Gasteiger partial charge in [0.15, 0.2) is 0 Å². The number of rotatable bonds is 3. The van der Waals surface area contributed by atoms with E-state index < -0.39 is 0 Å². The second kappa shape index (κ2) is 4.80. The fourth-order valence-corrected chi connectivity index (χ4v) is 2.39. The van der Waals surface area contributed by atoms with Gasteiger partial charge in [0, 0.05) is 17.6 Å². The van der Waals surface area contributed by atoms with Gasteiger partial charge in [0.2, 0.25) is 0 Å². The van der Waals surface area contributed by atoms with Crippen molar-refractivity contribution in [1.82, 2.24) is 9.55 Å². The topological polar surface area (TPSA) is 54.9 Å². The summed E-state index contributed by atoms with van der Waals surface area (Å²) < 4.78 is 1.57. The highest BCUT2D eigenvalue weighted by atomic mass is 79.9. The summed E-state index contributed by atoms with van der Waals surface area (Å²) in [4.78, 5) is 26.8. The predicted molar refractivity (Wildman–Crippen MR) is 67.0 cm³/mol. The molecule has 0 aliphatic rings. The van der Waals surface area contributed by atoms with Gasteiger partial charge in [-0.3, -0.25) is 9.36 Å². The molecule has 4 nitrogen and oxygen atoms in total. The number of H-pyrrole nitrogens is 1. The van der Waals surface area contributed by atoms with Gasteiger partial charge in [0.05, 0.1) is 4.47 Å². The second-order valence-electron chi connectivity index (χ2n) is 3.23. The highest BCUT2D eigenvalue weighted by Gasteiger charge is 2.05. The van der Waals surface area contributed by atoms with Crippen molar-refractivity contribution in [1.29, 1.82) is 0 Å². The van der Waals surface area contributed by atoms with Crippen molar-refractivity contribution in [2.24, 2.45) is 0 Å². The van der Waals surface area contributed by atoms with Gasteiger partial charge < -0.3 is 4.98 Å². The van der Waals surface area contributed by atoms with Crippen molar-refractivity contribution in [3.8, 4) is 0 Å². The average molecular weight is 301 g/mol. The molecule has 1 N–H and O–H groups in total. The van der Waals surface area contributed by atoms with Gasteiger partial charge in [-0.25, -0.2) is 4.79 Å². The summed E-state index contributed by atoms with van der Waals surface area (Å²) in [6.07, 6.45) is 2.06. The average Bonchev–Trinajstić information content (AvgIpc) is 2.77. The van der Waals surface area contributed by atoms with E-state index in [0.717, 1.165) is 4.88 Å². The number of halogens is 1. The number of hydrogen-bond donors (Lipinski definition) is 1. The molecule has 0 spiro atoms. The molecule has 0 amide bonds. The molecule has 0 bridgehead atoms. The maximum Gasteiger partial charge on any atom is 0.328 e. The standard InChI is InChI=1S/C10H9BrN2O2S/c11-8-6-12-10(15)13(9(8)14)4-3-7-2-1-5-16-7/h1-2,5-6H,3-4H2,(H,12,15). The first-order valence-corrected chi connectivity index (χ1v) is 6.36. The van der Waals surface area contributed by atoms with Gasteiger partial charge in [-0.05, 0) is 33.8 Å². The Hall–Kier alpha value is -1.14. The Morgan fingerprint density at radius 1 is 1.44 bits per heavy atom. The molecule has 0 fully saturated rings. The third-order valence-corrected chi connectivity index (χ3v) is 3.68. The van der Waals surface area contributed by atoms with Crippen molar-refractivity contribution < 1.29 is 0 Å². The Bertz CT molecular complexity index is 586. The number of thiophene rings is 1. The van der Waals surface area contributed by atoms with Crippen LogP contribution in [0.15, 0.2) is 37.8 Å². The van der Waals surface area contributed by atoms with Gasteiger partial charge >= 0.3 is 5.69 Å². The van der Waals surface area contributed by atoms with Crippen LogP contribution in [-0.4, -0.2) is 9.55 Å². The highest BCUT2D eigenvalue weighted by molar-refractivity contribution is 9.10. The summed E-state index contributed by atoms with van der Waals surface area (Å²) in [5.41, 5.74) is -0.662. The molecule has 0 atom stereocenters. The SMILES string of the molecule is O=c1[nH]cc(Br)c(=O)n1CCc1cccs1. The Kier molecular flexibility index (Phi) is 3.40. The predicted octanol–water partition coefficient (Wildman–Crippen LogP) is 1.60. The molecule has 6 heteroatoms. The zero-order valence-electron chi connectivity index (χ0n) is 8.27. The number of aromatic amines is 1. The monoisotopic (exact) mass is 300 g/mol. The van der Waals surface area contributed by atoms with E-state index >= 15 is 0 Å². The Labute approximate surface area is 104 Å². The minimum Gasteiger partial charge on any atom is -0.313 e. The van der Waals surface area contributed by atoms with Crippen LogP contribution in [0.2, 0.25) is 0 Å². The zero-order chi connectivity index (χ0) is 11.5. The fraction of sp³-hybridized carbons (Fsp3) is 0.200. The first kappa shape index (κ1) is 11.3. The molecule has 0 aliphatic heterocycles. The Balaban J connectivity index is 2.25. The van der Waals surface area contributed by atoms with E-state index in [4.69, 9.17) is 0 Å². The van der Waals surface area contributed by atoms with Gasteiger partial charge in [-0.2, -0.15) is 0 Å². The summed E-state index contributed by atoms with van der Waals surface area (Å²) in [5.74, 6) is 0. The molecule has 2 heterocycles. The van der Waals surface area contributed by atoms with Crippen LogP contribution in [0.4, 0.5) is 0 Å². The largest absolute Gasteiger partial charge is 0.328 e. The summed E-state index contributed by atoms with van der Waals surface area (Å²) in [5, 5.41) is 1.98. The Morgan fingerprint density at radius 2 is 2.25 bits per heavy atom. The number of hydrogen-bond acceptors (Lipinski definition) is 3. The maximum atomic E-state index is 11.6. The van der Waals surface area contributed by atoms with Crippen molar-refractivity contribution in [3.63, 3.8) is 0 Å². The summed E-state index contributed by atoms with van der Waals surface area (Å²) >= 11 is 4.72. The first-order chi connectivity index (χ1) is 7.68. The molecule has 0 unspecified atom stereocenters. The van der Waals surface area contributed by atoms with E-state index in [2.05, 4.69) is 20.9 Å². The molecule has 0 aromatic carbocycles. The molecular formula is C10H9BrN2O2S. The van der Waals surface area contributed by atoms with Crippen LogP contribution in [0.5, 0.6) is 0 Å². The van der Waals surface area contributed by atoms with E-state index in [9.17, 15) is 9.59 Å². The smallest absolute Gasteiger partial charge is 0.313 e. The molecule has 16 heavy (non-hydrogen) atoms. The van der Waals surface area contributed by atoms with Crippen molar-refractivity contribution >= 4 is 27.3 Å². The van der Waals surface area contributed by atoms with E-state index in [0.29, 0.717) is 17.4 Å². The number of nitrogens with zero attached hydrogens (tertiary/aromatic N) is 1. The van der Waals surface area contributed by atoms with Crippen LogP contribution in [0.25, 0.3) is 0 Å². The molecule has 2 rings (SSSR count). The van der Waals surface area contributed by atoms with E-state index in [1.165, 1.54) is 10.8 Å². The molecular weight excluding hydrogens is 292 g/mol. The lowest BCUT2D eigenvalue weighted by Gasteiger charge is -2.02. The summed E-state index contributed by atoms with van der Waals surface area (Å²) in [6.45, 7) is 0.397. The molecule has 0 aliphatic carbocycles. The van der Waals surface area contributed by atoms with E-state index in [-0.39, 0.29) is 11.2 Å². The second-order valence-corrected chi connectivity index (χ2v) is 5.11. The molecule has 84 valence electrons.